The summed E-state index contributed by atoms with van der Waals surface area (Å²) in [5.41, 5.74) is 0.470. The summed E-state index contributed by atoms with van der Waals surface area (Å²) in [7, 11) is 1.53. The summed E-state index contributed by atoms with van der Waals surface area (Å²) in [6.07, 6.45) is 1.26. The predicted octanol–water partition coefficient (Wildman–Crippen LogP) is 1.66. The van der Waals surface area contributed by atoms with E-state index in [9.17, 15) is 4.79 Å². The number of para-hydroxylation sites is 2. The molecule has 0 radical (unpaired) electrons. The largest absolute Gasteiger partial charge is 0.486 e. The molecule has 1 aromatic heterocycles. The summed E-state index contributed by atoms with van der Waals surface area (Å²) in [6.45, 7) is 0.761. The lowest BCUT2D eigenvalue weighted by atomic mass is 10.2. The van der Waals surface area contributed by atoms with E-state index in [-0.39, 0.29) is 12.0 Å². The number of nitrogens with one attached hydrogen (secondary N) is 1. The van der Waals surface area contributed by atoms with Gasteiger partial charge in [0.15, 0.2) is 11.5 Å². The highest BCUT2D eigenvalue weighted by Crippen LogP contribution is 2.30. The number of pyridine rings is 1. The standard InChI is InChI=1S/C16H16N2O4/c1-20-15-7-6-11(8-17-15)16(19)18-9-12-10-21-13-4-2-3-5-14(13)22-12/h2-8,12H,9-10H2,1H3,(H,18,19)/t12-/m0/s1. The minimum atomic E-state index is -0.218. The molecule has 0 unspecified atom stereocenters. The average Bonchev–Trinajstić information content (AvgIpc) is 2.59. The van der Waals surface area contributed by atoms with Crippen molar-refractivity contribution in [3.8, 4) is 17.4 Å². The average molecular weight is 300 g/mol. The number of fused-ring (bicyclic) bond motifs is 1. The van der Waals surface area contributed by atoms with E-state index in [4.69, 9.17) is 14.2 Å². The summed E-state index contributed by atoms with van der Waals surface area (Å²) in [5, 5.41) is 2.81. The molecule has 3 rings (SSSR count). The van der Waals surface area contributed by atoms with Crippen LogP contribution in [0.3, 0.4) is 0 Å². The van der Waals surface area contributed by atoms with E-state index in [1.165, 1.54) is 13.3 Å². The molecule has 0 aliphatic carbocycles. The number of aromatic nitrogens is 1. The topological polar surface area (TPSA) is 69.7 Å². The molecule has 1 aliphatic rings. The number of rotatable bonds is 4. The van der Waals surface area contributed by atoms with Crippen LogP contribution in [0.1, 0.15) is 10.4 Å². The molecule has 1 aromatic carbocycles. The third-order valence-corrected chi connectivity index (χ3v) is 3.27. The smallest absolute Gasteiger partial charge is 0.252 e. The van der Waals surface area contributed by atoms with Gasteiger partial charge >= 0.3 is 0 Å². The van der Waals surface area contributed by atoms with Gasteiger partial charge in [0.25, 0.3) is 5.91 Å². The number of hydrogen-bond donors (Lipinski definition) is 1. The zero-order valence-electron chi connectivity index (χ0n) is 12.1. The van der Waals surface area contributed by atoms with Gasteiger partial charge in [0.2, 0.25) is 5.88 Å². The van der Waals surface area contributed by atoms with Gasteiger partial charge in [-0.1, -0.05) is 12.1 Å². The number of methoxy groups -OCH3 is 1. The minimum Gasteiger partial charge on any atom is -0.486 e. The number of carbonyl (C=O) groups is 1. The van der Waals surface area contributed by atoms with Crippen LogP contribution in [-0.4, -0.2) is 37.3 Å². The maximum atomic E-state index is 12.0. The van der Waals surface area contributed by atoms with Crippen molar-refractivity contribution in [3.63, 3.8) is 0 Å². The first-order chi connectivity index (χ1) is 10.8. The summed E-state index contributed by atoms with van der Waals surface area (Å²) in [4.78, 5) is 16.0. The van der Waals surface area contributed by atoms with Crippen molar-refractivity contribution in [1.82, 2.24) is 10.3 Å². The highest BCUT2D eigenvalue weighted by Gasteiger charge is 2.21. The van der Waals surface area contributed by atoms with Gasteiger partial charge in [-0.2, -0.15) is 0 Å². The second-order valence-corrected chi connectivity index (χ2v) is 4.80. The summed E-state index contributed by atoms with van der Waals surface area (Å²) < 4.78 is 16.3. The Morgan fingerprint density at radius 3 is 2.86 bits per heavy atom. The van der Waals surface area contributed by atoms with Crippen molar-refractivity contribution in [2.45, 2.75) is 6.10 Å². The van der Waals surface area contributed by atoms with Crippen LogP contribution in [0.2, 0.25) is 0 Å². The van der Waals surface area contributed by atoms with E-state index in [0.717, 1.165) is 5.75 Å². The molecule has 0 saturated carbocycles. The molecule has 0 bridgehead atoms. The van der Waals surface area contributed by atoms with Crippen LogP contribution in [0, 0.1) is 0 Å². The molecule has 6 heteroatoms. The second-order valence-electron chi connectivity index (χ2n) is 4.80. The molecule has 1 amide bonds. The van der Waals surface area contributed by atoms with Gasteiger partial charge in [-0.05, 0) is 18.2 Å². The van der Waals surface area contributed by atoms with Crippen LogP contribution in [0.4, 0.5) is 0 Å². The molecule has 2 heterocycles. The van der Waals surface area contributed by atoms with E-state index >= 15 is 0 Å². The molecular weight excluding hydrogens is 284 g/mol. The minimum absolute atomic E-state index is 0.211. The van der Waals surface area contributed by atoms with E-state index in [0.29, 0.717) is 30.3 Å². The Kier molecular flexibility index (Phi) is 4.09. The van der Waals surface area contributed by atoms with Crippen molar-refractivity contribution in [2.24, 2.45) is 0 Å². The fourth-order valence-electron chi connectivity index (χ4n) is 2.11. The number of carbonyl (C=O) groups excluding carboxylic acids is 1. The van der Waals surface area contributed by atoms with Gasteiger partial charge < -0.3 is 19.5 Å². The molecule has 0 fully saturated rings. The van der Waals surface area contributed by atoms with Crippen LogP contribution in [-0.2, 0) is 0 Å². The van der Waals surface area contributed by atoms with Crippen LogP contribution in [0.5, 0.6) is 17.4 Å². The van der Waals surface area contributed by atoms with Crippen molar-refractivity contribution >= 4 is 5.91 Å². The quantitative estimate of drug-likeness (QED) is 0.930. The fraction of sp³-hybridized carbons (Fsp3) is 0.250. The fourth-order valence-corrected chi connectivity index (χ4v) is 2.11. The van der Waals surface area contributed by atoms with Crippen molar-refractivity contribution in [2.75, 3.05) is 20.3 Å². The summed E-state index contributed by atoms with van der Waals surface area (Å²) in [5.74, 6) is 1.68. The number of benzene rings is 1. The third-order valence-electron chi connectivity index (χ3n) is 3.27. The molecule has 6 nitrogen and oxygen atoms in total. The van der Waals surface area contributed by atoms with Crippen molar-refractivity contribution in [3.05, 3.63) is 48.2 Å². The Morgan fingerprint density at radius 1 is 1.32 bits per heavy atom. The van der Waals surface area contributed by atoms with Gasteiger partial charge in [-0.25, -0.2) is 4.98 Å². The maximum absolute atomic E-state index is 12.0. The van der Waals surface area contributed by atoms with E-state index in [2.05, 4.69) is 10.3 Å². The summed E-state index contributed by atoms with van der Waals surface area (Å²) in [6, 6.07) is 10.8. The van der Waals surface area contributed by atoms with Crippen LogP contribution >= 0.6 is 0 Å². The van der Waals surface area contributed by atoms with Crippen LogP contribution < -0.4 is 19.5 Å². The van der Waals surface area contributed by atoms with Crippen LogP contribution in [0.15, 0.2) is 42.6 Å². The van der Waals surface area contributed by atoms with Gasteiger partial charge in [-0.15, -0.1) is 0 Å². The van der Waals surface area contributed by atoms with Crippen molar-refractivity contribution in [1.29, 1.82) is 0 Å². The lowest BCUT2D eigenvalue weighted by Crippen LogP contribution is -2.40. The molecule has 1 atom stereocenters. The molecule has 2 aromatic rings. The first-order valence-corrected chi connectivity index (χ1v) is 6.93. The highest BCUT2D eigenvalue weighted by atomic mass is 16.6. The zero-order valence-corrected chi connectivity index (χ0v) is 12.1. The molecule has 114 valence electrons. The lowest BCUT2D eigenvalue weighted by molar-refractivity contribution is 0.0789. The Bertz CT molecular complexity index is 657. The Labute approximate surface area is 128 Å². The van der Waals surface area contributed by atoms with Gasteiger partial charge in [-0.3, -0.25) is 4.79 Å². The first-order valence-electron chi connectivity index (χ1n) is 6.93. The normalized spacial score (nSPS) is 16.0. The molecule has 1 N–H and O–H groups in total. The number of amides is 1. The molecular formula is C16H16N2O4. The van der Waals surface area contributed by atoms with Gasteiger partial charge in [0.05, 0.1) is 19.2 Å². The maximum Gasteiger partial charge on any atom is 0.252 e. The molecule has 0 saturated heterocycles. The third kappa shape index (κ3) is 3.11. The van der Waals surface area contributed by atoms with Crippen molar-refractivity contribution < 1.29 is 19.0 Å². The van der Waals surface area contributed by atoms with E-state index in [1.807, 2.05) is 24.3 Å². The Hall–Kier alpha value is -2.76. The number of ether oxygens (including phenoxy) is 3. The molecule has 0 spiro atoms. The first kappa shape index (κ1) is 14.2. The summed E-state index contributed by atoms with van der Waals surface area (Å²) >= 11 is 0. The Morgan fingerprint density at radius 2 is 2.14 bits per heavy atom. The zero-order chi connectivity index (χ0) is 15.4. The van der Waals surface area contributed by atoms with Gasteiger partial charge in [0, 0.05) is 12.3 Å². The number of hydrogen-bond acceptors (Lipinski definition) is 5. The lowest BCUT2D eigenvalue weighted by Gasteiger charge is -2.26. The highest BCUT2D eigenvalue weighted by molar-refractivity contribution is 5.93. The second kappa shape index (κ2) is 6.34. The van der Waals surface area contributed by atoms with E-state index < -0.39 is 0 Å². The predicted molar refractivity (Wildman–Crippen MR) is 79.5 cm³/mol. The Balaban J connectivity index is 1.55. The molecule has 22 heavy (non-hydrogen) atoms. The SMILES string of the molecule is COc1ccc(C(=O)NC[C@H]2COc3ccccc3O2)cn1. The monoisotopic (exact) mass is 300 g/mol. The van der Waals surface area contributed by atoms with Gasteiger partial charge in [0.1, 0.15) is 12.7 Å². The van der Waals surface area contributed by atoms with E-state index in [1.54, 1.807) is 12.1 Å². The number of nitrogens with zero attached hydrogens (tertiary/aromatic N) is 1. The molecule has 1 aliphatic heterocycles. The van der Waals surface area contributed by atoms with Crippen LogP contribution in [0.25, 0.3) is 0 Å².